The molecule has 0 atom stereocenters. The monoisotopic (exact) mass is 344 g/mol. The summed E-state index contributed by atoms with van der Waals surface area (Å²) in [5.41, 5.74) is 7.08. The first-order valence-corrected chi connectivity index (χ1v) is 8.41. The van der Waals surface area contributed by atoms with Crippen molar-refractivity contribution in [2.24, 2.45) is 5.92 Å². The number of nitrogens with zero attached hydrogens (tertiary/aromatic N) is 2. The van der Waals surface area contributed by atoms with Gasteiger partial charge in [0.15, 0.2) is 0 Å². The minimum Gasteiger partial charge on any atom is -0.383 e. The molecule has 1 heterocycles. The van der Waals surface area contributed by atoms with Gasteiger partial charge in [0.1, 0.15) is 11.6 Å². The van der Waals surface area contributed by atoms with Gasteiger partial charge in [-0.05, 0) is 43.4 Å². The molecule has 24 heavy (non-hydrogen) atoms. The number of halogens is 1. The first-order valence-electron chi connectivity index (χ1n) is 8.03. The van der Waals surface area contributed by atoms with Gasteiger partial charge in [-0.2, -0.15) is 0 Å². The Morgan fingerprint density at radius 3 is 2.83 bits per heavy atom. The van der Waals surface area contributed by atoms with Crippen LogP contribution in [-0.2, 0) is 16.8 Å². The Labute approximate surface area is 146 Å². The quantitative estimate of drug-likeness (QED) is 0.893. The lowest BCUT2D eigenvalue weighted by Gasteiger charge is -2.45. The SMILES string of the molecule is Cc1ncc(CNC(=O)C2(c3cccc(Cl)c3)CC(C)C2)c(N)n1. The van der Waals surface area contributed by atoms with Crippen LogP contribution < -0.4 is 11.1 Å². The zero-order chi connectivity index (χ0) is 17.3. The Hall–Kier alpha value is -2.14. The number of hydrogen-bond donors (Lipinski definition) is 2. The van der Waals surface area contributed by atoms with Gasteiger partial charge in [0.05, 0.1) is 5.41 Å². The predicted molar refractivity (Wildman–Crippen MR) is 94.6 cm³/mol. The second-order valence-electron chi connectivity index (χ2n) is 6.62. The molecule has 3 rings (SSSR count). The number of hydrogen-bond acceptors (Lipinski definition) is 4. The molecule has 1 aromatic heterocycles. The smallest absolute Gasteiger partial charge is 0.230 e. The number of aromatic nitrogens is 2. The van der Waals surface area contributed by atoms with E-state index >= 15 is 0 Å². The maximum absolute atomic E-state index is 12.9. The fourth-order valence-electron chi connectivity index (χ4n) is 3.46. The molecule has 126 valence electrons. The average Bonchev–Trinajstić information content (AvgIpc) is 2.50. The van der Waals surface area contributed by atoms with Crippen molar-refractivity contribution in [1.82, 2.24) is 15.3 Å². The molecular formula is C18H21ClN4O. The summed E-state index contributed by atoms with van der Waals surface area (Å²) < 4.78 is 0. The number of benzene rings is 1. The highest BCUT2D eigenvalue weighted by Crippen LogP contribution is 2.48. The maximum atomic E-state index is 12.9. The number of aryl methyl sites for hydroxylation is 1. The molecule has 2 aromatic rings. The minimum absolute atomic E-state index is 0.00263. The first kappa shape index (κ1) is 16.7. The number of nitrogens with two attached hydrogens (primary N) is 1. The molecule has 1 fully saturated rings. The molecule has 0 spiro atoms. The van der Waals surface area contributed by atoms with Crippen LogP contribution in [0.3, 0.4) is 0 Å². The Morgan fingerprint density at radius 1 is 1.46 bits per heavy atom. The minimum atomic E-state index is -0.509. The average molecular weight is 345 g/mol. The van der Waals surface area contributed by atoms with Crippen molar-refractivity contribution in [1.29, 1.82) is 0 Å². The molecule has 0 saturated heterocycles. The summed E-state index contributed by atoms with van der Waals surface area (Å²) in [6, 6.07) is 7.57. The van der Waals surface area contributed by atoms with E-state index in [-0.39, 0.29) is 5.91 Å². The van der Waals surface area contributed by atoms with Crippen molar-refractivity contribution >= 4 is 23.3 Å². The van der Waals surface area contributed by atoms with Gasteiger partial charge in [-0.1, -0.05) is 30.7 Å². The molecule has 0 aliphatic heterocycles. The van der Waals surface area contributed by atoms with Gasteiger partial charge in [-0.3, -0.25) is 4.79 Å². The van der Waals surface area contributed by atoms with Crippen LogP contribution in [0.2, 0.25) is 5.02 Å². The van der Waals surface area contributed by atoms with Gasteiger partial charge in [-0.25, -0.2) is 9.97 Å². The molecule has 3 N–H and O–H groups in total. The molecule has 0 bridgehead atoms. The summed E-state index contributed by atoms with van der Waals surface area (Å²) in [4.78, 5) is 21.2. The van der Waals surface area contributed by atoms with Crippen molar-refractivity contribution in [3.05, 3.63) is 52.4 Å². The molecule has 6 heteroatoms. The number of carbonyl (C=O) groups excluding carboxylic acids is 1. The molecule has 1 amide bonds. The van der Waals surface area contributed by atoms with E-state index in [0.29, 0.717) is 29.1 Å². The summed E-state index contributed by atoms with van der Waals surface area (Å²) in [6.07, 6.45) is 3.30. The summed E-state index contributed by atoms with van der Waals surface area (Å²) in [5, 5.41) is 3.65. The van der Waals surface area contributed by atoms with Crippen LogP contribution in [0.5, 0.6) is 0 Å². The van der Waals surface area contributed by atoms with E-state index in [2.05, 4.69) is 22.2 Å². The van der Waals surface area contributed by atoms with Crippen molar-refractivity contribution in [3.63, 3.8) is 0 Å². The van der Waals surface area contributed by atoms with Gasteiger partial charge in [0, 0.05) is 23.3 Å². The van der Waals surface area contributed by atoms with Crippen molar-refractivity contribution in [2.45, 2.75) is 38.6 Å². The van der Waals surface area contributed by atoms with Gasteiger partial charge in [0.25, 0.3) is 0 Å². The standard InChI is InChI=1S/C18H21ClN4O/c1-11-7-18(8-11,14-4-3-5-15(19)6-14)17(24)22-10-13-9-21-12(2)23-16(13)20/h3-6,9,11H,7-8,10H2,1-2H3,(H,22,24)(H2,20,21,23). The molecule has 0 radical (unpaired) electrons. The number of amides is 1. The summed E-state index contributed by atoms with van der Waals surface area (Å²) in [6.45, 7) is 4.26. The Bertz CT molecular complexity index is 771. The third-order valence-electron chi connectivity index (χ3n) is 4.66. The van der Waals surface area contributed by atoms with Crippen LogP contribution >= 0.6 is 11.6 Å². The van der Waals surface area contributed by atoms with Crippen LogP contribution in [0.15, 0.2) is 30.5 Å². The predicted octanol–water partition coefficient (Wildman–Crippen LogP) is 3.00. The van der Waals surface area contributed by atoms with Gasteiger partial charge >= 0.3 is 0 Å². The summed E-state index contributed by atoms with van der Waals surface area (Å²) >= 11 is 6.12. The second-order valence-corrected chi connectivity index (χ2v) is 7.05. The third-order valence-corrected chi connectivity index (χ3v) is 4.90. The largest absolute Gasteiger partial charge is 0.383 e. The lowest BCUT2D eigenvalue weighted by Crippen LogP contribution is -2.52. The van der Waals surface area contributed by atoms with E-state index in [0.717, 1.165) is 24.0 Å². The fraction of sp³-hybridized carbons (Fsp3) is 0.389. The van der Waals surface area contributed by atoms with Gasteiger partial charge in [0.2, 0.25) is 5.91 Å². The molecule has 5 nitrogen and oxygen atoms in total. The van der Waals surface area contributed by atoms with Gasteiger partial charge < -0.3 is 11.1 Å². The fourth-order valence-corrected chi connectivity index (χ4v) is 3.65. The number of nitrogens with one attached hydrogen (secondary N) is 1. The number of anilines is 1. The lowest BCUT2D eigenvalue weighted by atomic mass is 9.58. The van der Waals surface area contributed by atoms with E-state index in [1.165, 1.54) is 0 Å². The van der Waals surface area contributed by atoms with Gasteiger partial charge in [-0.15, -0.1) is 0 Å². The van der Waals surface area contributed by atoms with Crippen LogP contribution in [0.4, 0.5) is 5.82 Å². The molecule has 1 aliphatic carbocycles. The summed E-state index contributed by atoms with van der Waals surface area (Å²) in [7, 11) is 0. The van der Waals surface area contributed by atoms with Crippen molar-refractivity contribution in [3.8, 4) is 0 Å². The zero-order valence-electron chi connectivity index (χ0n) is 13.8. The van der Waals surface area contributed by atoms with Crippen LogP contribution in [0.25, 0.3) is 0 Å². The lowest BCUT2D eigenvalue weighted by molar-refractivity contribution is -0.132. The maximum Gasteiger partial charge on any atom is 0.230 e. The molecule has 1 aliphatic rings. The van der Waals surface area contributed by atoms with E-state index in [1.807, 2.05) is 24.3 Å². The van der Waals surface area contributed by atoms with E-state index in [4.69, 9.17) is 17.3 Å². The van der Waals surface area contributed by atoms with E-state index in [1.54, 1.807) is 13.1 Å². The highest BCUT2D eigenvalue weighted by molar-refractivity contribution is 6.30. The Morgan fingerprint density at radius 2 is 2.21 bits per heavy atom. The zero-order valence-corrected chi connectivity index (χ0v) is 14.6. The number of rotatable bonds is 4. The van der Waals surface area contributed by atoms with Crippen LogP contribution in [-0.4, -0.2) is 15.9 Å². The third kappa shape index (κ3) is 3.08. The number of nitrogen functional groups attached to an aromatic ring is 1. The molecular weight excluding hydrogens is 324 g/mol. The van der Waals surface area contributed by atoms with Crippen LogP contribution in [0.1, 0.15) is 36.7 Å². The van der Waals surface area contributed by atoms with E-state index in [9.17, 15) is 4.79 Å². The molecule has 1 saturated carbocycles. The van der Waals surface area contributed by atoms with Crippen LogP contribution in [0, 0.1) is 12.8 Å². The van der Waals surface area contributed by atoms with E-state index < -0.39 is 5.41 Å². The number of carbonyl (C=O) groups is 1. The normalized spacial score (nSPS) is 22.7. The second kappa shape index (κ2) is 6.40. The van der Waals surface area contributed by atoms with Crippen molar-refractivity contribution < 1.29 is 4.79 Å². The van der Waals surface area contributed by atoms with Crippen molar-refractivity contribution in [2.75, 3.05) is 5.73 Å². The highest BCUT2D eigenvalue weighted by atomic mass is 35.5. The molecule has 1 aromatic carbocycles. The highest BCUT2D eigenvalue weighted by Gasteiger charge is 2.49. The topological polar surface area (TPSA) is 80.9 Å². The summed E-state index contributed by atoms with van der Waals surface area (Å²) in [5.74, 6) is 1.54. The Kier molecular flexibility index (Phi) is 4.45. The Balaban J connectivity index is 1.78. The molecule has 0 unspecified atom stereocenters. The first-order chi connectivity index (χ1) is 11.4.